The molecule has 0 saturated carbocycles. The molecule has 0 aromatic carbocycles. The van der Waals surface area contributed by atoms with Gasteiger partial charge in [0.2, 0.25) is 0 Å². The number of aromatic nitrogens is 1. The highest BCUT2D eigenvalue weighted by Gasteiger charge is 2.19. The lowest BCUT2D eigenvalue weighted by atomic mass is 10.2. The summed E-state index contributed by atoms with van der Waals surface area (Å²) in [6, 6.07) is 4.38. The molecule has 1 aromatic heterocycles. The molecule has 4 nitrogen and oxygen atoms in total. The zero-order valence-corrected chi connectivity index (χ0v) is 15.9. The van der Waals surface area contributed by atoms with Gasteiger partial charge in [0.1, 0.15) is 5.82 Å². The molecule has 0 atom stereocenters. The van der Waals surface area contributed by atoms with Crippen molar-refractivity contribution in [2.75, 3.05) is 57.3 Å². The normalized spacial score (nSPS) is 20.0. The number of pyridine rings is 1. The van der Waals surface area contributed by atoms with E-state index in [1.165, 1.54) is 57.4 Å². The SMILES string of the molecule is CCCCC=Cc1ccc(N2CCN(CCN3CCCC3)CC2)nc1. The summed E-state index contributed by atoms with van der Waals surface area (Å²) in [4.78, 5) is 12.3. The van der Waals surface area contributed by atoms with E-state index in [0.717, 1.165) is 38.4 Å². The number of likely N-dealkylation sites (tertiary alicyclic amines) is 1. The summed E-state index contributed by atoms with van der Waals surface area (Å²) >= 11 is 0. The zero-order chi connectivity index (χ0) is 17.3. The molecule has 2 aliphatic rings. The molecule has 2 fully saturated rings. The van der Waals surface area contributed by atoms with Gasteiger partial charge in [0, 0.05) is 45.5 Å². The Bertz CT molecular complexity index is 511. The molecule has 25 heavy (non-hydrogen) atoms. The predicted molar refractivity (Wildman–Crippen MR) is 107 cm³/mol. The van der Waals surface area contributed by atoms with Gasteiger partial charge in [-0.3, -0.25) is 4.90 Å². The van der Waals surface area contributed by atoms with Gasteiger partial charge in [-0.2, -0.15) is 0 Å². The van der Waals surface area contributed by atoms with Crippen molar-refractivity contribution in [2.24, 2.45) is 0 Å². The summed E-state index contributed by atoms with van der Waals surface area (Å²) in [5.74, 6) is 1.13. The van der Waals surface area contributed by atoms with E-state index in [1.54, 1.807) is 0 Å². The van der Waals surface area contributed by atoms with Crippen LogP contribution in [0.2, 0.25) is 0 Å². The van der Waals surface area contributed by atoms with E-state index in [9.17, 15) is 0 Å². The molecule has 0 aliphatic carbocycles. The van der Waals surface area contributed by atoms with E-state index < -0.39 is 0 Å². The van der Waals surface area contributed by atoms with Crippen LogP contribution in [-0.2, 0) is 0 Å². The molecule has 138 valence electrons. The summed E-state index contributed by atoms with van der Waals surface area (Å²) in [6.07, 6.45) is 12.9. The number of piperazine rings is 1. The van der Waals surface area contributed by atoms with Crippen LogP contribution in [-0.4, -0.2) is 67.1 Å². The van der Waals surface area contributed by atoms with Crippen LogP contribution in [0, 0.1) is 0 Å². The number of nitrogens with zero attached hydrogens (tertiary/aromatic N) is 4. The van der Waals surface area contributed by atoms with Crippen LogP contribution in [0.25, 0.3) is 6.08 Å². The van der Waals surface area contributed by atoms with E-state index in [0.29, 0.717) is 0 Å². The summed E-state index contributed by atoms with van der Waals surface area (Å²) in [6.45, 7) is 11.8. The molecule has 4 heteroatoms. The molecule has 2 saturated heterocycles. The second-order valence-electron chi connectivity index (χ2n) is 7.37. The van der Waals surface area contributed by atoms with Crippen molar-refractivity contribution in [3.8, 4) is 0 Å². The Hall–Kier alpha value is -1.39. The lowest BCUT2D eigenvalue weighted by molar-refractivity contribution is 0.215. The molecule has 3 heterocycles. The molecular weight excluding hydrogens is 308 g/mol. The third-order valence-electron chi connectivity index (χ3n) is 5.43. The van der Waals surface area contributed by atoms with Gasteiger partial charge in [0.25, 0.3) is 0 Å². The fourth-order valence-electron chi connectivity index (χ4n) is 3.71. The molecule has 0 amide bonds. The maximum atomic E-state index is 4.68. The Morgan fingerprint density at radius 2 is 1.68 bits per heavy atom. The molecule has 2 aliphatic heterocycles. The van der Waals surface area contributed by atoms with Gasteiger partial charge in [0.15, 0.2) is 0 Å². The van der Waals surface area contributed by atoms with Crippen LogP contribution in [0.3, 0.4) is 0 Å². The third kappa shape index (κ3) is 5.82. The van der Waals surface area contributed by atoms with Gasteiger partial charge in [-0.1, -0.05) is 31.9 Å². The summed E-state index contributed by atoms with van der Waals surface area (Å²) in [7, 11) is 0. The van der Waals surface area contributed by atoms with E-state index in [4.69, 9.17) is 0 Å². The van der Waals surface area contributed by atoms with Crippen LogP contribution >= 0.6 is 0 Å². The molecule has 1 aromatic rings. The first-order valence-corrected chi connectivity index (χ1v) is 10.2. The lowest BCUT2D eigenvalue weighted by Crippen LogP contribution is -2.48. The van der Waals surface area contributed by atoms with Crippen molar-refractivity contribution in [1.82, 2.24) is 14.8 Å². The van der Waals surface area contributed by atoms with Gasteiger partial charge in [-0.25, -0.2) is 4.98 Å². The fourth-order valence-corrected chi connectivity index (χ4v) is 3.71. The number of hydrogen-bond acceptors (Lipinski definition) is 4. The first kappa shape index (κ1) is 18.4. The summed E-state index contributed by atoms with van der Waals surface area (Å²) < 4.78 is 0. The molecule has 0 unspecified atom stereocenters. The average Bonchev–Trinajstić information content (AvgIpc) is 3.18. The van der Waals surface area contributed by atoms with E-state index in [-0.39, 0.29) is 0 Å². The number of hydrogen-bond donors (Lipinski definition) is 0. The van der Waals surface area contributed by atoms with Crippen LogP contribution in [0.1, 0.15) is 44.6 Å². The summed E-state index contributed by atoms with van der Waals surface area (Å²) in [5, 5.41) is 0. The summed E-state index contributed by atoms with van der Waals surface area (Å²) in [5.41, 5.74) is 1.21. The Labute approximate surface area is 153 Å². The number of unbranched alkanes of at least 4 members (excludes halogenated alkanes) is 2. The maximum Gasteiger partial charge on any atom is 0.128 e. The van der Waals surface area contributed by atoms with Crippen LogP contribution in [0.15, 0.2) is 24.4 Å². The molecule has 0 N–H and O–H groups in total. The predicted octanol–water partition coefficient (Wildman–Crippen LogP) is 3.50. The van der Waals surface area contributed by atoms with Gasteiger partial charge >= 0.3 is 0 Å². The number of rotatable bonds is 8. The average molecular weight is 343 g/mol. The van der Waals surface area contributed by atoms with Gasteiger partial charge < -0.3 is 9.80 Å². The van der Waals surface area contributed by atoms with Crippen LogP contribution in [0.4, 0.5) is 5.82 Å². The quantitative estimate of drug-likeness (QED) is 0.674. The number of allylic oxidation sites excluding steroid dienone is 1. The Morgan fingerprint density at radius 1 is 0.960 bits per heavy atom. The second-order valence-corrected chi connectivity index (χ2v) is 7.37. The van der Waals surface area contributed by atoms with Crippen LogP contribution < -0.4 is 4.90 Å². The Morgan fingerprint density at radius 3 is 2.32 bits per heavy atom. The highest BCUT2D eigenvalue weighted by Crippen LogP contribution is 2.15. The number of anilines is 1. The van der Waals surface area contributed by atoms with Crippen molar-refractivity contribution >= 4 is 11.9 Å². The topological polar surface area (TPSA) is 22.6 Å². The van der Waals surface area contributed by atoms with Crippen LogP contribution in [0.5, 0.6) is 0 Å². The molecular formula is C21H34N4. The monoisotopic (exact) mass is 342 g/mol. The first-order valence-electron chi connectivity index (χ1n) is 10.2. The standard InChI is InChI=1S/C21H34N4/c1-2-3-4-5-8-20-9-10-21(22-19-20)25-17-15-24(16-18-25)14-13-23-11-6-7-12-23/h5,8-10,19H,2-4,6-7,11-18H2,1H3. The Balaban J connectivity index is 1.40. The molecule has 0 spiro atoms. The van der Waals surface area contributed by atoms with Crippen molar-refractivity contribution in [3.63, 3.8) is 0 Å². The lowest BCUT2D eigenvalue weighted by Gasteiger charge is -2.36. The zero-order valence-electron chi connectivity index (χ0n) is 15.9. The van der Waals surface area contributed by atoms with Gasteiger partial charge in [-0.15, -0.1) is 0 Å². The highest BCUT2D eigenvalue weighted by molar-refractivity contribution is 5.51. The van der Waals surface area contributed by atoms with Crippen molar-refractivity contribution in [3.05, 3.63) is 30.0 Å². The van der Waals surface area contributed by atoms with Gasteiger partial charge in [-0.05, 0) is 50.0 Å². The minimum Gasteiger partial charge on any atom is -0.354 e. The van der Waals surface area contributed by atoms with Crippen molar-refractivity contribution in [1.29, 1.82) is 0 Å². The highest BCUT2D eigenvalue weighted by atomic mass is 15.3. The molecule has 3 rings (SSSR count). The first-order chi connectivity index (χ1) is 12.3. The van der Waals surface area contributed by atoms with Gasteiger partial charge in [0.05, 0.1) is 0 Å². The molecule has 0 bridgehead atoms. The largest absolute Gasteiger partial charge is 0.354 e. The van der Waals surface area contributed by atoms with E-state index >= 15 is 0 Å². The Kier molecular flexibility index (Phi) is 7.31. The van der Waals surface area contributed by atoms with Crippen molar-refractivity contribution in [2.45, 2.75) is 39.0 Å². The second kappa shape index (κ2) is 9.93. The van der Waals surface area contributed by atoms with Crippen molar-refractivity contribution < 1.29 is 0 Å². The van der Waals surface area contributed by atoms with E-state index in [1.807, 2.05) is 6.20 Å². The minimum atomic E-state index is 1.10. The third-order valence-corrected chi connectivity index (χ3v) is 5.43. The maximum absolute atomic E-state index is 4.68. The molecule has 0 radical (unpaired) electrons. The van der Waals surface area contributed by atoms with E-state index in [2.05, 4.69) is 50.9 Å². The fraction of sp³-hybridized carbons (Fsp3) is 0.667. The minimum absolute atomic E-state index is 1.10. The smallest absolute Gasteiger partial charge is 0.128 e.